The molecule has 3 nitrogen and oxygen atoms in total. The molecule has 0 bridgehead atoms. The molecule has 2 aromatic rings. The zero-order chi connectivity index (χ0) is 21.4. The van der Waals surface area contributed by atoms with Crippen LogP contribution in [-0.4, -0.2) is 43.9 Å². The smallest absolute Gasteiger partial charge is 0.137 e. The molecule has 1 saturated heterocycles. The van der Waals surface area contributed by atoms with Crippen LogP contribution >= 0.6 is 0 Å². The van der Waals surface area contributed by atoms with Gasteiger partial charge in [0.25, 0.3) is 0 Å². The summed E-state index contributed by atoms with van der Waals surface area (Å²) in [6.45, 7) is 14.7. The van der Waals surface area contributed by atoms with Crippen LogP contribution in [0.1, 0.15) is 54.4 Å². The van der Waals surface area contributed by atoms with Gasteiger partial charge in [-0.3, -0.25) is 0 Å². The molecule has 0 amide bonds. The van der Waals surface area contributed by atoms with E-state index in [1.54, 1.807) is 0 Å². The summed E-state index contributed by atoms with van der Waals surface area (Å²) in [6, 6.07) is 12.8. The Morgan fingerprint density at radius 3 is 1.35 bits per heavy atom. The molecule has 1 aliphatic rings. The predicted molar refractivity (Wildman–Crippen MR) is 126 cm³/mol. The molecular weight excluding hydrogens is 459 g/mol. The standard InChI is InChI=1S/C27H40NO2.Y/c1-22-12-10-13-23(2)26(22)29-20-18-28(16-8-6-5-7-9-17-28)19-21-30-27-24(3)14-11-15-25(27)4;/h10-15H,5-9,16-21H2,1-4H3;/q+1;. The molecule has 3 rings (SSSR count). The van der Waals surface area contributed by atoms with Gasteiger partial charge in [0.1, 0.15) is 37.8 Å². The van der Waals surface area contributed by atoms with Gasteiger partial charge in [-0.15, -0.1) is 0 Å². The zero-order valence-corrected chi connectivity index (χ0v) is 22.9. The molecule has 31 heavy (non-hydrogen) atoms. The minimum Gasteiger partial charge on any atom is -0.487 e. The van der Waals surface area contributed by atoms with Gasteiger partial charge < -0.3 is 14.0 Å². The fourth-order valence-corrected chi connectivity index (χ4v) is 4.83. The first-order chi connectivity index (χ1) is 14.5. The number of rotatable bonds is 8. The largest absolute Gasteiger partial charge is 0.487 e. The third kappa shape index (κ3) is 7.58. The van der Waals surface area contributed by atoms with Crippen molar-refractivity contribution in [3.05, 3.63) is 58.7 Å². The maximum absolute atomic E-state index is 6.31. The fourth-order valence-electron chi connectivity index (χ4n) is 4.83. The molecule has 0 N–H and O–H groups in total. The number of aryl methyl sites for hydroxylation is 4. The van der Waals surface area contributed by atoms with E-state index in [2.05, 4.69) is 64.1 Å². The number of hydrogen-bond acceptors (Lipinski definition) is 2. The molecule has 0 unspecified atom stereocenters. The Hall–Kier alpha value is -0.896. The summed E-state index contributed by atoms with van der Waals surface area (Å²) in [5.74, 6) is 2.13. The number of hydrogen-bond donors (Lipinski definition) is 0. The molecule has 0 aromatic heterocycles. The molecular formula is C27H40NO2Y+. The van der Waals surface area contributed by atoms with Crippen LogP contribution in [0, 0.1) is 27.7 Å². The second kappa shape index (κ2) is 13.0. The topological polar surface area (TPSA) is 18.5 Å². The van der Waals surface area contributed by atoms with Crippen LogP contribution in [0.2, 0.25) is 0 Å². The molecule has 167 valence electrons. The summed E-state index contributed by atoms with van der Waals surface area (Å²) in [6.07, 6.45) is 6.72. The molecule has 1 heterocycles. The van der Waals surface area contributed by atoms with E-state index in [0.29, 0.717) is 0 Å². The quantitative estimate of drug-likeness (QED) is 0.406. The van der Waals surface area contributed by atoms with Crippen molar-refractivity contribution in [3.63, 3.8) is 0 Å². The summed E-state index contributed by atoms with van der Waals surface area (Å²) in [5, 5.41) is 0. The van der Waals surface area contributed by atoms with Crippen LogP contribution in [0.4, 0.5) is 0 Å². The molecule has 1 fully saturated rings. The minimum atomic E-state index is 0. The van der Waals surface area contributed by atoms with Gasteiger partial charge in [0.15, 0.2) is 0 Å². The van der Waals surface area contributed by atoms with Crippen LogP contribution in [0.3, 0.4) is 0 Å². The van der Waals surface area contributed by atoms with E-state index in [0.717, 1.165) is 42.3 Å². The minimum absolute atomic E-state index is 0. The van der Waals surface area contributed by atoms with Gasteiger partial charge in [-0.25, -0.2) is 0 Å². The number of quaternary nitrogens is 1. The number of ether oxygens (including phenoxy) is 2. The van der Waals surface area contributed by atoms with Crippen LogP contribution in [0.5, 0.6) is 11.5 Å². The molecule has 0 spiro atoms. The van der Waals surface area contributed by atoms with Crippen molar-refractivity contribution >= 4 is 0 Å². The van der Waals surface area contributed by atoms with E-state index in [1.807, 2.05) is 0 Å². The Morgan fingerprint density at radius 1 is 0.613 bits per heavy atom. The summed E-state index contributed by atoms with van der Waals surface area (Å²) in [4.78, 5) is 0. The molecule has 1 aliphatic heterocycles. The third-order valence-electron chi connectivity index (χ3n) is 6.71. The molecule has 0 saturated carbocycles. The number of para-hydroxylation sites is 2. The van der Waals surface area contributed by atoms with Gasteiger partial charge in [-0.1, -0.05) is 42.8 Å². The second-order valence-corrected chi connectivity index (χ2v) is 9.14. The molecule has 2 aromatic carbocycles. The van der Waals surface area contributed by atoms with Crippen molar-refractivity contribution in [1.29, 1.82) is 0 Å². The fraction of sp³-hybridized carbons (Fsp3) is 0.556. The van der Waals surface area contributed by atoms with Gasteiger partial charge in [-0.2, -0.15) is 0 Å². The molecule has 0 aliphatic carbocycles. The van der Waals surface area contributed by atoms with E-state index in [1.165, 1.54) is 67.4 Å². The van der Waals surface area contributed by atoms with E-state index >= 15 is 0 Å². The van der Waals surface area contributed by atoms with E-state index in [4.69, 9.17) is 9.47 Å². The van der Waals surface area contributed by atoms with Crippen LogP contribution in [0.25, 0.3) is 0 Å². The molecule has 4 heteroatoms. The van der Waals surface area contributed by atoms with Gasteiger partial charge in [0.2, 0.25) is 0 Å². The van der Waals surface area contributed by atoms with Crippen LogP contribution in [-0.2, 0) is 32.7 Å². The van der Waals surface area contributed by atoms with Gasteiger partial charge >= 0.3 is 0 Å². The molecule has 0 atom stereocenters. The van der Waals surface area contributed by atoms with Gasteiger partial charge in [-0.05, 0) is 75.6 Å². The monoisotopic (exact) mass is 499 g/mol. The van der Waals surface area contributed by atoms with Crippen molar-refractivity contribution in [2.24, 2.45) is 0 Å². The van der Waals surface area contributed by atoms with Crippen molar-refractivity contribution in [2.75, 3.05) is 39.4 Å². The average Bonchev–Trinajstić information content (AvgIpc) is 2.69. The Balaban J connectivity index is 0.00000341. The second-order valence-electron chi connectivity index (χ2n) is 9.14. The first kappa shape index (κ1) is 26.4. The Kier molecular flexibility index (Phi) is 11.0. The Bertz CT molecular complexity index is 713. The van der Waals surface area contributed by atoms with E-state index in [9.17, 15) is 0 Å². The van der Waals surface area contributed by atoms with Crippen molar-refractivity contribution in [1.82, 2.24) is 0 Å². The Morgan fingerprint density at radius 2 is 0.968 bits per heavy atom. The van der Waals surface area contributed by atoms with E-state index < -0.39 is 0 Å². The van der Waals surface area contributed by atoms with Gasteiger partial charge in [0, 0.05) is 32.7 Å². The molecule has 1 radical (unpaired) electrons. The van der Waals surface area contributed by atoms with Crippen LogP contribution in [0.15, 0.2) is 36.4 Å². The van der Waals surface area contributed by atoms with Crippen molar-refractivity contribution in [2.45, 2.75) is 59.8 Å². The summed E-state index contributed by atoms with van der Waals surface area (Å²) in [7, 11) is 0. The average molecular weight is 500 g/mol. The Labute approximate surface area is 215 Å². The number of likely N-dealkylation sites (tertiary alicyclic amines) is 1. The zero-order valence-electron chi connectivity index (χ0n) is 20.1. The van der Waals surface area contributed by atoms with Gasteiger partial charge in [0.05, 0.1) is 13.1 Å². The normalized spacial score (nSPS) is 16.0. The third-order valence-corrected chi connectivity index (χ3v) is 6.71. The first-order valence-electron chi connectivity index (χ1n) is 11.7. The predicted octanol–water partition coefficient (Wildman–Crippen LogP) is 6.16. The summed E-state index contributed by atoms with van der Waals surface area (Å²) >= 11 is 0. The number of benzene rings is 2. The van der Waals surface area contributed by atoms with Crippen molar-refractivity contribution < 1.29 is 46.7 Å². The SMILES string of the molecule is Cc1cccc(C)c1OCC[N+]1(CCOc2c(C)cccc2C)CCCCCCC1.[Y]. The van der Waals surface area contributed by atoms with Crippen molar-refractivity contribution in [3.8, 4) is 11.5 Å². The van der Waals surface area contributed by atoms with E-state index in [-0.39, 0.29) is 32.7 Å². The summed E-state index contributed by atoms with van der Waals surface area (Å²) in [5.41, 5.74) is 4.92. The first-order valence-corrected chi connectivity index (χ1v) is 11.7. The maximum Gasteiger partial charge on any atom is 0.137 e. The van der Waals surface area contributed by atoms with Crippen LogP contribution < -0.4 is 9.47 Å². The summed E-state index contributed by atoms with van der Waals surface area (Å²) < 4.78 is 13.7. The number of nitrogens with zero attached hydrogens (tertiary/aromatic N) is 1. The maximum atomic E-state index is 6.31.